The van der Waals surface area contributed by atoms with Crippen molar-refractivity contribution in [1.29, 1.82) is 0 Å². The topological polar surface area (TPSA) is 55.1 Å². The van der Waals surface area contributed by atoms with E-state index >= 15 is 0 Å². The van der Waals surface area contributed by atoms with E-state index in [1.165, 1.54) is 12.1 Å². The van der Waals surface area contributed by atoms with Crippen LogP contribution in [-0.4, -0.2) is 5.91 Å². The number of benzene rings is 2. The molecule has 0 unspecified atom stereocenters. The molecule has 0 bridgehead atoms. The molecule has 0 fully saturated rings. The number of carbonyl (C=O) groups is 1. The summed E-state index contributed by atoms with van der Waals surface area (Å²) < 4.78 is 13.3. The summed E-state index contributed by atoms with van der Waals surface area (Å²) in [5, 5.41) is 3.20. The first-order valence-electron chi connectivity index (χ1n) is 5.60. The SMILES string of the molecule is Cc1ccc(Cl)cc1NC(=O)c1ccc(N)c(F)c1. The van der Waals surface area contributed by atoms with Crippen LogP contribution in [0.15, 0.2) is 36.4 Å². The molecule has 0 spiro atoms. The van der Waals surface area contributed by atoms with Crippen LogP contribution < -0.4 is 11.1 Å². The number of hydrogen-bond acceptors (Lipinski definition) is 2. The molecule has 5 heteroatoms. The molecular formula is C14H12ClFN2O. The maximum atomic E-state index is 13.3. The van der Waals surface area contributed by atoms with Crippen molar-refractivity contribution < 1.29 is 9.18 Å². The maximum Gasteiger partial charge on any atom is 0.255 e. The van der Waals surface area contributed by atoms with Gasteiger partial charge in [0.2, 0.25) is 0 Å². The van der Waals surface area contributed by atoms with Crippen molar-refractivity contribution in [3.63, 3.8) is 0 Å². The number of nitrogen functional groups attached to an aromatic ring is 1. The Morgan fingerprint density at radius 2 is 2.00 bits per heavy atom. The number of aryl methyl sites for hydroxylation is 1. The highest BCUT2D eigenvalue weighted by molar-refractivity contribution is 6.31. The van der Waals surface area contributed by atoms with E-state index in [9.17, 15) is 9.18 Å². The summed E-state index contributed by atoms with van der Waals surface area (Å²) >= 11 is 5.86. The zero-order valence-corrected chi connectivity index (χ0v) is 11.0. The number of hydrogen-bond donors (Lipinski definition) is 2. The maximum absolute atomic E-state index is 13.3. The van der Waals surface area contributed by atoms with Gasteiger partial charge >= 0.3 is 0 Å². The Kier molecular flexibility index (Phi) is 3.71. The van der Waals surface area contributed by atoms with Gasteiger partial charge in [0.1, 0.15) is 5.82 Å². The average Bonchev–Trinajstić information content (AvgIpc) is 2.37. The summed E-state index contributed by atoms with van der Waals surface area (Å²) in [5.74, 6) is -1.03. The minimum Gasteiger partial charge on any atom is -0.396 e. The monoisotopic (exact) mass is 278 g/mol. The van der Waals surface area contributed by atoms with Crippen molar-refractivity contribution in [3.8, 4) is 0 Å². The average molecular weight is 279 g/mol. The number of carbonyl (C=O) groups excluding carboxylic acids is 1. The molecule has 0 saturated carbocycles. The van der Waals surface area contributed by atoms with E-state index in [4.69, 9.17) is 17.3 Å². The third kappa shape index (κ3) is 3.03. The molecule has 0 aliphatic rings. The van der Waals surface area contributed by atoms with E-state index in [0.29, 0.717) is 10.7 Å². The van der Waals surface area contributed by atoms with Gasteiger partial charge in [-0.2, -0.15) is 0 Å². The summed E-state index contributed by atoms with van der Waals surface area (Å²) in [6, 6.07) is 9.09. The molecule has 3 N–H and O–H groups in total. The van der Waals surface area contributed by atoms with E-state index in [-0.39, 0.29) is 11.3 Å². The van der Waals surface area contributed by atoms with Crippen molar-refractivity contribution in [3.05, 3.63) is 58.4 Å². The fourth-order valence-corrected chi connectivity index (χ4v) is 1.76. The Hall–Kier alpha value is -2.07. The van der Waals surface area contributed by atoms with Crippen LogP contribution >= 0.6 is 11.6 Å². The van der Waals surface area contributed by atoms with Crippen molar-refractivity contribution >= 4 is 28.9 Å². The number of anilines is 2. The van der Waals surface area contributed by atoms with Crippen LogP contribution in [0.3, 0.4) is 0 Å². The molecule has 2 aromatic rings. The van der Waals surface area contributed by atoms with Gasteiger partial charge in [0.05, 0.1) is 5.69 Å². The van der Waals surface area contributed by atoms with Crippen LogP contribution in [0.1, 0.15) is 15.9 Å². The molecule has 19 heavy (non-hydrogen) atoms. The molecule has 0 saturated heterocycles. The minimum absolute atomic E-state index is 0.00971. The van der Waals surface area contributed by atoms with E-state index in [2.05, 4.69) is 5.32 Å². The second kappa shape index (κ2) is 5.28. The van der Waals surface area contributed by atoms with Crippen molar-refractivity contribution in [2.45, 2.75) is 6.92 Å². The first-order chi connectivity index (χ1) is 8.97. The Labute approximate surface area is 115 Å². The standard InChI is InChI=1S/C14H12ClFN2O/c1-8-2-4-10(15)7-13(8)18-14(19)9-3-5-12(17)11(16)6-9/h2-7H,17H2,1H3,(H,18,19). The fourth-order valence-electron chi connectivity index (χ4n) is 1.59. The van der Waals surface area contributed by atoms with Crippen LogP contribution in [0.4, 0.5) is 15.8 Å². The Morgan fingerprint density at radius 1 is 1.26 bits per heavy atom. The van der Waals surface area contributed by atoms with Crippen LogP contribution in [0.5, 0.6) is 0 Å². The van der Waals surface area contributed by atoms with Crippen LogP contribution in [0.2, 0.25) is 5.02 Å². The first-order valence-corrected chi connectivity index (χ1v) is 5.97. The lowest BCUT2D eigenvalue weighted by molar-refractivity contribution is 0.102. The smallest absolute Gasteiger partial charge is 0.255 e. The Morgan fingerprint density at radius 3 is 2.68 bits per heavy atom. The predicted octanol–water partition coefficient (Wildman–Crippen LogP) is 3.62. The predicted molar refractivity (Wildman–Crippen MR) is 75.0 cm³/mol. The summed E-state index contributed by atoms with van der Waals surface area (Å²) in [6.07, 6.45) is 0. The number of rotatable bonds is 2. The van der Waals surface area contributed by atoms with Gasteiger partial charge in [-0.3, -0.25) is 4.79 Å². The first kappa shape index (κ1) is 13.4. The number of nitrogens with two attached hydrogens (primary N) is 1. The summed E-state index contributed by atoms with van der Waals surface area (Å²) in [6.45, 7) is 1.84. The normalized spacial score (nSPS) is 10.3. The summed E-state index contributed by atoms with van der Waals surface area (Å²) in [4.78, 5) is 12.0. The molecule has 0 aliphatic heterocycles. The third-order valence-electron chi connectivity index (χ3n) is 2.71. The van der Waals surface area contributed by atoms with Gasteiger partial charge in [-0.05, 0) is 42.8 Å². The lowest BCUT2D eigenvalue weighted by Crippen LogP contribution is -2.13. The molecule has 0 radical (unpaired) electrons. The molecular weight excluding hydrogens is 267 g/mol. The summed E-state index contributed by atoms with van der Waals surface area (Å²) in [7, 11) is 0. The zero-order valence-electron chi connectivity index (χ0n) is 10.2. The van der Waals surface area contributed by atoms with E-state index < -0.39 is 11.7 Å². The second-order valence-electron chi connectivity index (χ2n) is 4.15. The highest BCUT2D eigenvalue weighted by atomic mass is 35.5. The van der Waals surface area contributed by atoms with Crippen LogP contribution in [0, 0.1) is 12.7 Å². The van der Waals surface area contributed by atoms with Gasteiger partial charge < -0.3 is 11.1 Å². The molecule has 2 aromatic carbocycles. The van der Waals surface area contributed by atoms with Crippen molar-refractivity contribution in [2.75, 3.05) is 11.1 Å². The molecule has 98 valence electrons. The van der Waals surface area contributed by atoms with E-state index in [1.807, 2.05) is 6.92 Å². The lowest BCUT2D eigenvalue weighted by Gasteiger charge is -2.09. The van der Waals surface area contributed by atoms with Gasteiger partial charge in [0.25, 0.3) is 5.91 Å². The number of nitrogens with one attached hydrogen (secondary N) is 1. The van der Waals surface area contributed by atoms with Gasteiger partial charge in [0.15, 0.2) is 0 Å². The molecule has 0 aromatic heterocycles. The highest BCUT2D eigenvalue weighted by Crippen LogP contribution is 2.21. The molecule has 0 aliphatic carbocycles. The number of amides is 1. The van der Waals surface area contributed by atoms with Crippen LogP contribution in [-0.2, 0) is 0 Å². The summed E-state index contributed by atoms with van der Waals surface area (Å²) in [5.41, 5.74) is 7.03. The van der Waals surface area contributed by atoms with Crippen LogP contribution in [0.25, 0.3) is 0 Å². The van der Waals surface area contributed by atoms with Gasteiger partial charge in [0, 0.05) is 16.3 Å². The molecule has 2 rings (SSSR count). The van der Waals surface area contributed by atoms with Crippen molar-refractivity contribution in [2.24, 2.45) is 0 Å². The molecule has 0 heterocycles. The molecule has 0 atom stereocenters. The van der Waals surface area contributed by atoms with E-state index in [1.54, 1.807) is 18.2 Å². The molecule has 1 amide bonds. The lowest BCUT2D eigenvalue weighted by atomic mass is 10.1. The molecule has 3 nitrogen and oxygen atoms in total. The largest absolute Gasteiger partial charge is 0.396 e. The highest BCUT2D eigenvalue weighted by Gasteiger charge is 2.10. The number of halogens is 2. The Balaban J connectivity index is 2.25. The van der Waals surface area contributed by atoms with Crippen molar-refractivity contribution in [1.82, 2.24) is 0 Å². The van der Waals surface area contributed by atoms with Gasteiger partial charge in [-0.1, -0.05) is 17.7 Å². The Bertz CT molecular complexity index is 643. The third-order valence-corrected chi connectivity index (χ3v) is 2.95. The van der Waals surface area contributed by atoms with Gasteiger partial charge in [-0.15, -0.1) is 0 Å². The van der Waals surface area contributed by atoms with Gasteiger partial charge in [-0.25, -0.2) is 4.39 Å². The quantitative estimate of drug-likeness (QED) is 0.824. The second-order valence-corrected chi connectivity index (χ2v) is 4.59. The minimum atomic E-state index is -0.615. The van der Waals surface area contributed by atoms with E-state index in [0.717, 1.165) is 11.6 Å². The zero-order chi connectivity index (χ0) is 14.0. The fraction of sp³-hybridized carbons (Fsp3) is 0.0714.